The molecule has 0 heterocycles. The van der Waals surface area contributed by atoms with E-state index in [2.05, 4.69) is 5.32 Å². The van der Waals surface area contributed by atoms with E-state index in [0.717, 1.165) is 0 Å². The lowest BCUT2D eigenvalue weighted by atomic mass is 10.1. The van der Waals surface area contributed by atoms with Gasteiger partial charge in [0.15, 0.2) is 0 Å². The molecule has 0 aliphatic rings. The molecule has 25 heavy (non-hydrogen) atoms. The molecular formula is C19H24N2O3S. The molecule has 2 aromatic rings. The molecule has 2 aromatic carbocycles. The van der Waals surface area contributed by atoms with E-state index < -0.39 is 10.0 Å². The van der Waals surface area contributed by atoms with E-state index in [0.29, 0.717) is 17.2 Å². The molecule has 1 amide bonds. The van der Waals surface area contributed by atoms with Crippen molar-refractivity contribution in [1.29, 1.82) is 0 Å². The highest BCUT2D eigenvalue weighted by molar-refractivity contribution is 7.92. The second-order valence-corrected chi connectivity index (χ2v) is 8.31. The number of sulfonamides is 1. The van der Waals surface area contributed by atoms with Gasteiger partial charge in [-0.2, -0.15) is 0 Å². The summed E-state index contributed by atoms with van der Waals surface area (Å²) in [5.74, 6) is 0.0989. The molecule has 134 valence electrons. The minimum atomic E-state index is -3.67. The Morgan fingerprint density at radius 1 is 1.00 bits per heavy atom. The first kappa shape index (κ1) is 19.0. The molecule has 1 N–H and O–H groups in total. The van der Waals surface area contributed by atoms with Gasteiger partial charge in [-0.3, -0.25) is 9.10 Å². The van der Waals surface area contributed by atoms with Gasteiger partial charge in [-0.1, -0.05) is 38.1 Å². The third-order valence-corrected chi connectivity index (χ3v) is 6.03. The van der Waals surface area contributed by atoms with Crippen LogP contribution in [0.4, 0.5) is 5.69 Å². The largest absolute Gasteiger partial charge is 0.349 e. The number of nitrogens with zero attached hydrogens (tertiary/aromatic N) is 1. The van der Waals surface area contributed by atoms with Crippen LogP contribution in [0.3, 0.4) is 0 Å². The van der Waals surface area contributed by atoms with Crippen LogP contribution < -0.4 is 9.62 Å². The number of benzene rings is 2. The molecule has 0 bridgehead atoms. The number of anilines is 1. The third kappa shape index (κ3) is 4.39. The van der Waals surface area contributed by atoms with Crippen molar-refractivity contribution in [3.05, 3.63) is 60.2 Å². The SMILES string of the molecule is CC(C)[C@H](C)NC(=O)c1cccc(N(C)S(=O)(=O)c2ccccc2)c1. The Bertz CT molecular complexity index is 833. The van der Waals surface area contributed by atoms with Crippen LogP contribution in [-0.2, 0) is 10.0 Å². The first-order chi connectivity index (χ1) is 11.7. The van der Waals surface area contributed by atoms with E-state index in [9.17, 15) is 13.2 Å². The summed E-state index contributed by atoms with van der Waals surface area (Å²) in [6.45, 7) is 6.00. The van der Waals surface area contributed by atoms with E-state index in [1.165, 1.54) is 11.4 Å². The van der Waals surface area contributed by atoms with Crippen molar-refractivity contribution in [2.45, 2.75) is 31.7 Å². The van der Waals surface area contributed by atoms with Gasteiger partial charge in [0.25, 0.3) is 15.9 Å². The van der Waals surface area contributed by atoms with Gasteiger partial charge < -0.3 is 5.32 Å². The molecule has 0 aliphatic heterocycles. The number of hydrogen-bond acceptors (Lipinski definition) is 3. The van der Waals surface area contributed by atoms with Crippen LogP contribution in [0, 0.1) is 5.92 Å². The van der Waals surface area contributed by atoms with Crippen LogP contribution >= 0.6 is 0 Å². The number of amides is 1. The molecular weight excluding hydrogens is 336 g/mol. The maximum Gasteiger partial charge on any atom is 0.264 e. The van der Waals surface area contributed by atoms with Gasteiger partial charge in [-0.15, -0.1) is 0 Å². The minimum Gasteiger partial charge on any atom is -0.349 e. The van der Waals surface area contributed by atoms with Crippen LogP contribution in [0.5, 0.6) is 0 Å². The lowest BCUT2D eigenvalue weighted by molar-refractivity contribution is 0.0930. The van der Waals surface area contributed by atoms with Crippen LogP contribution in [0.25, 0.3) is 0 Å². The van der Waals surface area contributed by atoms with Crippen molar-refractivity contribution in [1.82, 2.24) is 5.32 Å². The van der Waals surface area contributed by atoms with Crippen molar-refractivity contribution in [3.63, 3.8) is 0 Å². The highest BCUT2D eigenvalue weighted by Gasteiger charge is 2.22. The van der Waals surface area contributed by atoms with E-state index >= 15 is 0 Å². The van der Waals surface area contributed by atoms with Gasteiger partial charge >= 0.3 is 0 Å². The molecule has 0 fully saturated rings. The topological polar surface area (TPSA) is 66.5 Å². The monoisotopic (exact) mass is 360 g/mol. The van der Waals surface area contributed by atoms with Gasteiger partial charge in [0.1, 0.15) is 0 Å². The van der Waals surface area contributed by atoms with Crippen molar-refractivity contribution in [3.8, 4) is 0 Å². The highest BCUT2D eigenvalue weighted by Crippen LogP contribution is 2.22. The van der Waals surface area contributed by atoms with Crippen LogP contribution in [0.15, 0.2) is 59.5 Å². The van der Waals surface area contributed by atoms with Gasteiger partial charge in [0.05, 0.1) is 10.6 Å². The van der Waals surface area contributed by atoms with Crippen LogP contribution in [0.1, 0.15) is 31.1 Å². The fourth-order valence-electron chi connectivity index (χ4n) is 2.19. The zero-order valence-corrected chi connectivity index (χ0v) is 15.7. The lowest BCUT2D eigenvalue weighted by Gasteiger charge is -2.21. The van der Waals surface area contributed by atoms with Crippen LogP contribution in [0.2, 0.25) is 0 Å². The number of carbonyl (C=O) groups excluding carboxylic acids is 1. The Kier molecular flexibility index (Phi) is 5.85. The van der Waals surface area contributed by atoms with Crippen molar-refractivity contribution in [2.24, 2.45) is 5.92 Å². The summed E-state index contributed by atoms with van der Waals surface area (Å²) < 4.78 is 26.6. The Hall–Kier alpha value is -2.34. The van der Waals surface area contributed by atoms with Gasteiger partial charge in [-0.05, 0) is 43.2 Å². The molecule has 0 radical (unpaired) electrons. The zero-order chi connectivity index (χ0) is 18.6. The average molecular weight is 360 g/mol. The lowest BCUT2D eigenvalue weighted by Crippen LogP contribution is -2.36. The highest BCUT2D eigenvalue weighted by atomic mass is 32.2. The number of carbonyl (C=O) groups is 1. The quantitative estimate of drug-likeness (QED) is 0.860. The predicted molar refractivity (Wildman–Crippen MR) is 100 cm³/mol. The van der Waals surface area contributed by atoms with Crippen LogP contribution in [-0.4, -0.2) is 27.4 Å². The molecule has 5 nitrogen and oxygen atoms in total. The summed E-state index contributed by atoms with van der Waals surface area (Å²) in [7, 11) is -2.19. The predicted octanol–water partition coefficient (Wildman–Crippen LogP) is 3.29. The van der Waals surface area contributed by atoms with Gasteiger partial charge in [0, 0.05) is 18.7 Å². The summed E-state index contributed by atoms with van der Waals surface area (Å²) in [5, 5.41) is 2.93. The summed E-state index contributed by atoms with van der Waals surface area (Å²) >= 11 is 0. The standard InChI is InChI=1S/C19H24N2O3S/c1-14(2)15(3)20-19(22)16-9-8-10-17(13-16)21(4)25(23,24)18-11-6-5-7-12-18/h5-15H,1-4H3,(H,20,22)/t15-/m0/s1. The Balaban J connectivity index is 2.28. The molecule has 2 rings (SSSR count). The van der Waals surface area contributed by atoms with E-state index in [1.807, 2.05) is 20.8 Å². The normalized spacial score (nSPS) is 12.7. The van der Waals surface area contributed by atoms with Crippen molar-refractivity contribution in [2.75, 3.05) is 11.4 Å². The maximum absolute atomic E-state index is 12.7. The van der Waals surface area contributed by atoms with Gasteiger partial charge in [-0.25, -0.2) is 8.42 Å². The molecule has 0 spiro atoms. The Morgan fingerprint density at radius 2 is 1.64 bits per heavy atom. The summed E-state index contributed by atoms with van der Waals surface area (Å²) in [6, 6.07) is 14.9. The molecule has 0 aromatic heterocycles. The summed E-state index contributed by atoms with van der Waals surface area (Å²) in [6.07, 6.45) is 0. The second kappa shape index (κ2) is 7.70. The van der Waals surface area contributed by atoms with Crippen molar-refractivity contribution < 1.29 is 13.2 Å². The number of rotatable bonds is 6. The fraction of sp³-hybridized carbons (Fsp3) is 0.316. The maximum atomic E-state index is 12.7. The molecule has 6 heteroatoms. The van der Waals surface area contributed by atoms with E-state index in [1.54, 1.807) is 54.6 Å². The summed E-state index contributed by atoms with van der Waals surface area (Å²) in [5.41, 5.74) is 0.869. The Labute approximate surface area is 149 Å². The minimum absolute atomic E-state index is 0.0296. The first-order valence-electron chi connectivity index (χ1n) is 8.18. The average Bonchev–Trinajstić information content (AvgIpc) is 2.61. The smallest absolute Gasteiger partial charge is 0.264 e. The van der Waals surface area contributed by atoms with Gasteiger partial charge in [0.2, 0.25) is 0 Å². The molecule has 0 saturated heterocycles. The molecule has 0 unspecified atom stereocenters. The second-order valence-electron chi connectivity index (χ2n) is 6.34. The van der Waals surface area contributed by atoms with E-state index in [-0.39, 0.29) is 16.8 Å². The molecule has 0 aliphatic carbocycles. The number of hydrogen-bond donors (Lipinski definition) is 1. The fourth-order valence-corrected chi connectivity index (χ4v) is 3.40. The number of nitrogens with one attached hydrogen (secondary N) is 1. The third-order valence-electron chi connectivity index (χ3n) is 4.23. The molecule has 0 saturated carbocycles. The first-order valence-corrected chi connectivity index (χ1v) is 9.62. The zero-order valence-electron chi connectivity index (χ0n) is 14.9. The summed E-state index contributed by atoms with van der Waals surface area (Å²) in [4.78, 5) is 12.6. The Morgan fingerprint density at radius 3 is 2.24 bits per heavy atom. The molecule has 1 atom stereocenters. The van der Waals surface area contributed by atoms with E-state index in [4.69, 9.17) is 0 Å². The van der Waals surface area contributed by atoms with Crippen molar-refractivity contribution >= 4 is 21.6 Å².